The molecule has 1 aromatic heterocycles. The van der Waals surface area contributed by atoms with Crippen molar-refractivity contribution in [3.63, 3.8) is 0 Å². The topological polar surface area (TPSA) is 65.5 Å². The van der Waals surface area contributed by atoms with Gasteiger partial charge in [-0.25, -0.2) is 4.39 Å². The van der Waals surface area contributed by atoms with E-state index in [0.717, 1.165) is 0 Å². The number of hydrogen-bond acceptors (Lipinski definition) is 2. The van der Waals surface area contributed by atoms with Crippen molar-refractivity contribution in [3.05, 3.63) is 59.2 Å². The third kappa shape index (κ3) is 3.42. The van der Waals surface area contributed by atoms with Crippen molar-refractivity contribution in [2.24, 2.45) is 4.99 Å². The van der Waals surface area contributed by atoms with Crippen LogP contribution in [0.15, 0.2) is 41.5 Å². The van der Waals surface area contributed by atoms with Gasteiger partial charge in [0, 0.05) is 25.9 Å². The average molecular weight is 287 g/mol. The first-order valence-corrected chi connectivity index (χ1v) is 6.21. The van der Waals surface area contributed by atoms with Gasteiger partial charge in [0.15, 0.2) is 5.78 Å². The molecule has 108 valence electrons. The van der Waals surface area contributed by atoms with E-state index in [1.807, 2.05) is 0 Å². The van der Waals surface area contributed by atoms with Gasteiger partial charge in [0.2, 0.25) is 0 Å². The summed E-state index contributed by atoms with van der Waals surface area (Å²) in [6, 6.07) is 7.07. The predicted molar refractivity (Wildman–Crippen MR) is 77.1 cm³/mol. The highest BCUT2D eigenvalue weighted by molar-refractivity contribution is 6.10. The minimum Gasteiger partial charge on any atom is -0.369 e. The summed E-state index contributed by atoms with van der Waals surface area (Å²) in [6.45, 7) is 0. The Hall–Kier alpha value is -2.76. The summed E-state index contributed by atoms with van der Waals surface area (Å²) in [7, 11) is 3.47. The number of halogens is 1. The number of aromatic amines is 1. The van der Waals surface area contributed by atoms with Crippen molar-refractivity contribution < 1.29 is 14.0 Å². The fourth-order valence-corrected chi connectivity index (χ4v) is 1.69. The molecule has 1 aromatic carbocycles. The second-order valence-electron chi connectivity index (χ2n) is 4.62. The smallest absolute Gasteiger partial charge is 0.294 e. The van der Waals surface area contributed by atoms with Crippen LogP contribution < -0.4 is 0 Å². The lowest BCUT2D eigenvalue weighted by Gasteiger charge is -2.00. The maximum Gasteiger partial charge on any atom is 0.294 e. The average Bonchev–Trinajstić information content (AvgIpc) is 2.94. The Kier molecular flexibility index (Phi) is 4.27. The van der Waals surface area contributed by atoms with Crippen molar-refractivity contribution in [3.8, 4) is 0 Å². The number of amides is 1. The maximum atomic E-state index is 13.6. The van der Waals surface area contributed by atoms with Crippen LogP contribution in [0, 0.1) is 5.82 Å². The molecule has 0 saturated heterocycles. The third-order valence-electron chi connectivity index (χ3n) is 2.70. The van der Waals surface area contributed by atoms with E-state index in [-0.39, 0.29) is 16.8 Å². The number of nitrogens with zero attached hydrogens (tertiary/aromatic N) is 2. The molecule has 0 unspecified atom stereocenters. The number of aliphatic imine (C=N–C) groups is 1. The molecule has 21 heavy (non-hydrogen) atoms. The van der Waals surface area contributed by atoms with E-state index in [9.17, 15) is 14.0 Å². The van der Waals surface area contributed by atoms with Gasteiger partial charge in [0.25, 0.3) is 5.91 Å². The Labute approximate surface area is 121 Å². The summed E-state index contributed by atoms with van der Waals surface area (Å²) in [4.78, 5) is 31.9. The fraction of sp³-hybridized carbons (Fsp3) is 0.133. The molecular weight excluding hydrogens is 273 g/mol. The van der Waals surface area contributed by atoms with Gasteiger partial charge >= 0.3 is 0 Å². The monoisotopic (exact) mass is 287 g/mol. The summed E-state index contributed by atoms with van der Waals surface area (Å²) < 4.78 is 13.6. The fourth-order valence-electron chi connectivity index (χ4n) is 1.69. The highest BCUT2D eigenvalue weighted by Gasteiger charge is 2.16. The van der Waals surface area contributed by atoms with Gasteiger partial charge in [-0.15, -0.1) is 0 Å². The summed E-state index contributed by atoms with van der Waals surface area (Å²) >= 11 is 0. The standard InChI is InChI=1S/C15H14FN3O2/c1-19(2)9-18-15(21)13-7-10(8-17-13)14(20)11-5-3-4-6-12(11)16/h3-9,17H,1-2H3. The summed E-state index contributed by atoms with van der Waals surface area (Å²) in [6.07, 6.45) is 2.73. The molecule has 6 heteroatoms. The number of H-pyrrole nitrogens is 1. The van der Waals surface area contributed by atoms with Gasteiger partial charge in [-0.3, -0.25) is 9.59 Å². The molecule has 0 bridgehead atoms. The summed E-state index contributed by atoms with van der Waals surface area (Å²) in [5.41, 5.74) is 0.351. The normalized spacial score (nSPS) is 10.8. The molecule has 1 N–H and O–H groups in total. The Bertz CT molecular complexity index is 704. The molecule has 0 aliphatic heterocycles. The number of ketones is 1. The molecule has 1 heterocycles. The van der Waals surface area contributed by atoms with Crippen molar-refractivity contribution in [2.75, 3.05) is 14.1 Å². The van der Waals surface area contributed by atoms with E-state index in [2.05, 4.69) is 9.98 Å². The first-order valence-electron chi connectivity index (χ1n) is 6.21. The Morgan fingerprint density at radius 1 is 1.29 bits per heavy atom. The molecule has 5 nitrogen and oxygen atoms in total. The molecule has 0 aliphatic rings. The van der Waals surface area contributed by atoms with Crippen LogP contribution in [0.4, 0.5) is 4.39 Å². The molecule has 0 atom stereocenters. The Morgan fingerprint density at radius 3 is 2.67 bits per heavy atom. The maximum absolute atomic E-state index is 13.6. The molecule has 0 radical (unpaired) electrons. The quantitative estimate of drug-likeness (QED) is 0.532. The highest BCUT2D eigenvalue weighted by atomic mass is 19.1. The number of nitrogens with one attached hydrogen (secondary N) is 1. The van der Waals surface area contributed by atoms with Gasteiger partial charge in [0.05, 0.1) is 11.9 Å². The molecule has 1 amide bonds. The van der Waals surface area contributed by atoms with Crippen molar-refractivity contribution in [1.82, 2.24) is 9.88 Å². The molecule has 0 aliphatic carbocycles. The van der Waals surface area contributed by atoms with Gasteiger partial charge in [-0.2, -0.15) is 4.99 Å². The SMILES string of the molecule is CN(C)C=NC(=O)c1cc(C(=O)c2ccccc2F)c[nH]1. The van der Waals surface area contributed by atoms with Crippen LogP contribution >= 0.6 is 0 Å². The second kappa shape index (κ2) is 6.13. The molecule has 0 spiro atoms. The third-order valence-corrected chi connectivity index (χ3v) is 2.70. The van der Waals surface area contributed by atoms with Gasteiger partial charge in [-0.05, 0) is 18.2 Å². The first-order chi connectivity index (χ1) is 9.99. The van der Waals surface area contributed by atoms with E-state index < -0.39 is 17.5 Å². The number of rotatable bonds is 4. The summed E-state index contributed by atoms with van der Waals surface area (Å²) in [5, 5.41) is 0. The number of carbonyl (C=O) groups excluding carboxylic acids is 2. The second-order valence-corrected chi connectivity index (χ2v) is 4.62. The van der Waals surface area contributed by atoms with Crippen molar-refractivity contribution in [2.45, 2.75) is 0 Å². The number of carbonyl (C=O) groups is 2. The van der Waals surface area contributed by atoms with Gasteiger partial charge < -0.3 is 9.88 Å². The Balaban J connectivity index is 2.22. The van der Waals surface area contributed by atoms with E-state index in [1.54, 1.807) is 25.1 Å². The van der Waals surface area contributed by atoms with Crippen molar-refractivity contribution >= 4 is 18.0 Å². The zero-order valence-electron chi connectivity index (χ0n) is 11.6. The predicted octanol–water partition coefficient (Wildman–Crippen LogP) is 2.11. The van der Waals surface area contributed by atoms with Crippen LogP contribution in [0.1, 0.15) is 26.4 Å². The molecule has 2 aromatic rings. The van der Waals surface area contributed by atoms with Gasteiger partial charge in [0.1, 0.15) is 11.5 Å². The lowest BCUT2D eigenvalue weighted by atomic mass is 10.1. The first kappa shape index (κ1) is 14.6. The zero-order valence-corrected chi connectivity index (χ0v) is 11.6. The van der Waals surface area contributed by atoms with Crippen LogP contribution in [0.5, 0.6) is 0 Å². The minimum atomic E-state index is -0.595. The zero-order chi connectivity index (χ0) is 15.4. The molecule has 0 fully saturated rings. The van der Waals surface area contributed by atoms with Crippen LogP contribution in [0.3, 0.4) is 0 Å². The number of hydrogen-bond donors (Lipinski definition) is 1. The van der Waals surface area contributed by atoms with E-state index in [4.69, 9.17) is 0 Å². The van der Waals surface area contributed by atoms with Crippen LogP contribution in [0.2, 0.25) is 0 Å². The largest absolute Gasteiger partial charge is 0.369 e. The number of aromatic nitrogens is 1. The Morgan fingerprint density at radius 2 is 2.00 bits per heavy atom. The molecular formula is C15H14FN3O2. The lowest BCUT2D eigenvalue weighted by molar-refractivity contribution is 0.0997. The lowest BCUT2D eigenvalue weighted by Crippen LogP contribution is -2.09. The van der Waals surface area contributed by atoms with Crippen LogP contribution in [-0.4, -0.2) is 42.0 Å². The van der Waals surface area contributed by atoms with E-state index in [0.29, 0.717) is 0 Å². The van der Waals surface area contributed by atoms with Crippen LogP contribution in [0.25, 0.3) is 0 Å². The summed E-state index contributed by atoms with van der Waals surface area (Å²) in [5.74, 6) is -1.58. The minimum absolute atomic E-state index is 0.0349. The molecule has 2 rings (SSSR count). The van der Waals surface area contributed by atoms with E-state index >= 15 is 0 Å². The van der Waals surface area contributed by atoms with Gasteiger partial charge in [-0.1, -0.05) is 12.1 Å². The van der Waals surface area contributed by atoms with Crippen molar-refractivity contribution in [1.29, 1.82) is 0 Å². The van der Waals surface area contributed by atoms with Crippen LogP contribution in [-0.2, 0) is 0 Å². The van der Waals surface area contributed by atoms with E-state index in [1.165, 1.54) is 36.8 Å². The molecule has 0 saturated carbocycles. The number of benzene rings is 1. The highest BCUT2D eigenvalue weighted by Crippen LogP contribution is 2.14.